The second-order valence-corrected chi connectivity index (χ2v) is 7.46. The van der Waals surface area contributed by atoms with E-state index in [1.54, 1.807) is 24.3 Å². The molecule has 0 aliphatic heterocycles. The van der Waals surface area contributed by atoms with Gasteiger partial charge < -0.3 is 0 Å². The molecule has 0 saturated heterocycles. The molecule has 2 rings (SSSR count). The smallest absolute Gasteiger partial charge is 0.263 e. The molecule has 4 heteroatoms. The van der Waals surface area contributed by atoms with E-state index in [2.05, 4.69) is 0 Å². The molecule has 0 bridgehead atoms. The van der Waals surface area contributed by atoms with E-state index in [4.69, 9.17) is 4.18 Å². The molecular formula is C17H26O3S. The number of benzene rings is 1. The number of hydrogen-bond donors (Lipinski definition) is 0. The molecule has 118 valence electrons. The van der Waals surface area contributed by atoms with E-state index in [9.17, 15) is 8.42 Å². The molecule has 1 fully saturated rings. The minimum absolute atomic E-state index is 0.159. The van der Waals surface area contributed by atoms with Crippen molar-refractivity contribution in [3.05, 3.63) is 30.3 Å². The maximum absolute atomic E-state index is 12.3. The molecule has 1 aromatic carbocycles. The summed E-state index contributed by atoms with van der Waals surface area (Å²) in [6, 6.07) is 8.47. The van der Waals surface area contributed by atoms with Gasteiger partial charge in [-0.25, -0.2) is 0 Å². The monoisotopic (exact) mass is 310 g/mol. The van der Waals surface area contributed by atoms with Crippen molar-refractivity contribution in [3.8, 4) is 0 Å². The van der Waals surface area contributed by atoms with Gasteiger partial charge in [-0.1, -0.05) is 69.6 Å². The van der Waals surface area contributed by atoms with Crippen molar-refractivity contribution in [2.45, 2.75) is 75.2 Å². The quantitative estimate of drug-likeness (QED) is 0.762. The minimum Gasteiger partial charge on any atom is -0.263 e. The summed E-state index contributed by atoms with van der Waals surface area (Å²) in [6.45, 7) is 0. The second kappa shape index (κ2) is 8.54. The third kappa shape index (κ3) is 5.79. The molecule has 1 aliphatic carbocycles. The Kier molecular flexibility index (Phi) is 6.71. The Hall–Kier alpha value is -0.870. The van der Waals surface area contributed by atoms with Crippen LogP contribution in [0.25, 0.3) is 0 Å². The Bertz CT molecular complexity index is 484. The van der Waals surface area contributed by atoms with Crippen LogP contribution in [-0.4, -0.2) is 14.5 Å². The molecule has 0 unspecified atom stereocenters. The molecule has 0 spiro atoms. The summed E-state index contributed by atoms with van der Waals surface area (Å²) in [6.07, 6.45) is 11.2. The predicted octanol–water partition coefficient (Wildman–Crippen LogP) is 4.68. The molecule has 21 heavy (non-hydrogen) atoms. The lowest BCUT2D eigenvalue weighted by Gasteiger charge is -2.17. The van der Waals surface area contributed by atoms with Gasteiger partial charge in [-0.3, -0.25) is 4.18 Å². The largest absolute Gasteiger partial charge is 0.297 e. The average molecular weight is 310 g/mol. The fraction of sp³-hybridized carbons (Fsp3) is 0.647. The average Bonchev–Trinajstić information content (AvgIpc) is 2.54. The Morgan fingerprint density at radius 2 is 1.24 bits per heavy atom. The van der Waals surface area contributed by atoms with Crippen molar-refractivity contribution < 1.29 is 12.6 Å². The van der Waals surface area contributed by atoms with E-state index in [0.29, 0.717) is 0 Å². The Morgan fingerprint density at radius 3 is 1.76 bits per heavy atom. The van der Waals surface area contributed by atoms with Gasteiger partial charge in [0.1, 0.15) is 0 Å². The molecule has 1 aliphatic rings. The highest BCUT2D eigenvalue weighted by atomic mass is 32.2. The van der Waals surface area contributed by atoms with E-state index in [-0.39, 0.29) is 11.0 Å². The van der Waals surface area contributed by atoms with Crippen molar-refractivity contribution in [1.82, 2.24) is 0 Å². The van der Waals surface area contributed by atoms with E-state index >= 15 is 0 Å². The summed E-state index contributed by atoms with van der Waals surface area (Å²) in [5.41, 5.74) is 0. The van der Waals surface area contributed by atoms with Gasteiger partial charge in [-0.2, -0.15) is 8.42 Å². The SMILES string of the molecule is O=S(=O)(OC1CCCCCCCCCC1)c1ccccc1. The van der Waals surface area contributed by atoms with E-state index in [1.807, 2.05) is 6.07 Å². The van der Waals surface area contributed by atoms with Gasteiger partial charge in [0.15, 0.2) is 0 Å². The molecule has 0 heterocycles. The molecule has 1 saturated carbocycles. The highest BCUT2D eigenvalue weighted by molar-refractivity contribution is 7.86. The van der Waals surface area contributed by atoms with Gasteiger partial charge in [0, 0.05) is 0 Å². The van der Waals surface area contributed by atoms with Crippen molar-refractivity contribution in [1.29, 1.82) is 0 Å². The zero-order valence-electron chi connectivity index (χ0n) is 12.7. The van der Waals surface area contributed by atoms with Crippen LogP contribution >= 0.6 is 0 Å². The van der Waals surface area contributed by atoms with Crippen molar-refractivity contribution in [2.24, 2.45) is 0 Å². The zero-order valence-corrected chi connectivity index (χ0v) is 13.5. The van der Waals surface area contributed by atoms with Crippen LogP contribution < -0.4 is 0 Å². The highest BCUT2D eigenvalue weighted by Gasteiger charge is 2.21. The summed E-state index contributed by atoms with van der Waals surface area (Å²) in [7, 11) is -3.62. The zero-order chi connectivity index (χ0) is 15.0. The molecule has 0 N–H and O–H groups in total. The van der Waals surface area contributed by atoms with Crippen molar-refractivity contribution >= 4 is 10.1 Å². The van der Waals surface area contributed by atoms with Crippen LogP contribution in [0.3, 0.4) is 0 Å². The summed E-state index contributed by atoms with van der Waals surface area (Å²) < 4.78 is 30.1. The van der Waals surface area contributed by atoms with E-state index in [0.717, 1.165) is 25.7 Å². The molecule has 0 aromatic heterocycles. The fourth-order valence-corrected chi connectivity index (χ4v) is 4.02. The number of rotatable bonds is 3. The fourth-order valence-electron chi connectivity index (χ4n) is 2.87. The third-order valence-corrected chi connectivity index (χ3v) is 5.47. The molecule has 0 atom stereocenters. The van der Waals surface area contributed by atoms with Gasteiger partial charge in [-0.15, -0.1) is 0 Å². The van der Waals surface area contributed by atoms with Crippen LogP contribution in [0.2, 0.25) is 0 Å². The topological polar surface area (TPSA) is 43.4 Å². The maximum Gasteiger partial charge on any atom is 0.297 e. The molecule has 1 aromatic rings. The second-order valence-electron chi connectivity index (χ2n) is 5.89. The first kappa shape index (κ1) is 16.5. The van der Waals surface area contributed by atoms with Crippen LogP contribution in [0.1, 0.15) is 64.2 Å². The third-order valence-electron chi connectivity index (χ3n) is 4.10. The lowest BCUT2D eigenvalue weighted by Crippen LogP contribution is -2.19. The van der Waals surface area contributed by atoms with E-state index < -0.39 is 10.1 Å². The van der Waals surface area contributed by atoms with Gasteiger partial charge in [-0.05, 0) is 25.0 Å². The van der Waals surface area contributed by atoms with Gasteiger partial charge in [0.05, 0.1) is 11.0 Å². The van der Waals surface area contributed by atoms with Crippen LogP contribution in [0.15, 0.2) is 35.2 Å². The van der Waals surface area contributed by atoms with Gasteiger partial charge >= 0.3 is 0 Å². The Labute approximate surface area is 128 Å². The van der Waals surface area contributed by atoms with Crippen molar-refractivity contribution in [2.75, 3.05) is 0 Å². The molecular weight excluding hydrogens is 284 g/mol. The van der Waals surface area contributed by atoms with Crippen LogP contribution in [0.5, 0.6) is 0 Å². The minimum atomic E-state index is -3.62. The summed E-state index contributed by atoms with van der Waals surface area (Å²) in [4.78, 5) is 0.263. The first-order valence-electron chi connectivity index (χ1n) is 8.17. The first-order chi connectivity index (χ1) is 10.2. The van der Waals surface area contributed by atoms with Gasteiger partial charge in [0.2, 0.25) is 0 Å². The Balaban J connectivity index is 1.97. The normalized spacial score (nSPS) is 19.8. The summed E-state index contributed by atoms with van der Waals surface area (Å²) in [5, 5.41) is 0. The lowest BCUT2D eigenvalue weighted by atomic mass is 10.1. The molecule has 3 nitrogen and oxygen atoms in total. The lowest BCUT2D eigenvalue weighted by molar-refractivity contribution is 0.181. The van der Waals surface area contributed by atoms with Gasteiger partial charge in [0.25, 0.3) is 10.1 Å². The highest BCUT2D eigenvalue weighted by Crippen LogP contribution is 2.22. The summed E-state index contributed by atoms with van der Waals surface area (Å²) in [5.74, 6) is 0. The van der Waals surface area contributed by atoms with Crippen LogP contribution in [-0.2, 0) is 14.3 Å². The standard InChI is InChI=1S/C17H26O3S/c18-21(19,17-14-10-7-11-15-17)20-16-12-8-5-3-1-2-4-6-9-13-16/h7,10-11,14-16H,1-6,8-9,12-13H2. The predicted molar refractivity (Wildman–Crippen MR) is 84.7 cm³/mol. The van der Waals surface area contributed by atoms with Crippen molar-refractivity contribution in [3.63, 3.8) is 0 Å². The molecule has 0 radical (unpaired) electrons. The van der Waals surface area contributed by atoms with Crippen LogP contribution in [0.4, 0.5) is 0 Å². The Morgan fingerprint density at radius 1 is 0.762 bits per heavy atom. The maximum atomic E-state index is 12.3. The summed E-state index contributed by atoms with van der Waals surface area (Å²) >= 11 is 0. The number of hydrogen-bond acceptors (Lipinski definition) is 3. The molecule has 0 amide bonds. The first-order valence-corrected chi connectivity index (χ1v) is 9.58. The van der Waals surface area contributed by atoms with Crippen LogP contribution in [0, 0.1) is 0 Å². The van der Waals surface area contributed by atoms with E-state index in [1.165, 1.54) is 38.5 Å².